The van der Waals surface area contributed by atoms with Gasteiger partial charge in [0.25, 0.3) is 0 Å². The second-order valence-electron chi connectivity index (χ2n) is 8.46. The first-order valence-electron chi connectivity index (χ1n) is 10.8. The summed E-state index contributed by atoms with van der Waals surface area (Å²) in [6.45, 7) is 4.99. The summed E-state index contributed by atoms with van der Waals surface area (Å²) in [7, 11) is 3.04. The number of hydrogen-bond acceptors (Lipinski definition) is 7. The number of hydrogen-bond donors (Lipinski definition) is 2. The van der Waals surface area contributed by atoms with Crippen LogP contribution in [-0.4, -0.2) is 50.4 Å². The van der Waals surface area contributed by atoms with Gasteiger partial charge >= 0.3 is 12.1 Å². The maximum Gasteiger partial charge on any atom is 0.408 e. The molecule has 9 heteroatoms. The van der Waals surface area contributed by atoms with E-state index in [2.05, 4.69) is 10.6 Å². The highest BCUT2D eigenvalue weighted by molar-refractivity contribution is 5.84. The number of rotatable bonds is 10. The standard InChI is InChI=1S/C25H32N2O7/c1-25(2,3)34-24(30)27-19(23(29)33-16-17-9-7-6-8-10-17)15-26-22(28)14-18-11-12-20(31-4)21(13-18)32-5/h6-13,19H,14-16H2,1-5H3,(H,26,28)(H,27,30)/t19-/m0/s1. The van der Waals surface area contributed by atoms with Gasteiger partial charge in [-0.25, -0.2) is 9.59 Å². The normalized spacial score (nSPS) is 11.7. The van der Waals surface area contributed by atoms with Gasteiger partial charge in [0.05, 0.1) is 20.6 Å². The third-order valence-corrected chi connectivity index (χ3v) is 4.52. The highest BCUT2D eigenvalue weighted by Gasteiger charge is 2.26. The van der Waals surface area contributed by atoms with Crippen molar-refractivity contribution in [3.8, 4) is 11.5 Å². The van der Waals surface area contributed by atoms with E-state index in [1.807, 2.05) is 30.3 Å². The van der Waals surface area contributed by atoms with E-state index in [1.165, 1.54) is 14.2 Å². The van der Waals surface area contributed by atoms with E-state index >= 15 is 0 Å². The molecule has 184 valence electrons. The molecule has 0 fully saturated rings. The van der Waals surface area contributed by atoms with Crippen molar-refractivity contribution in [2.24, 2.45) is 0 Å². The van der Waals surface area contributed by atoms with Gasteiger partial charge in [-0.05, 0) is 44.0 Å². The number of ether oxygens (including phenoxy) is 4. The zero-order valence-electron chi connectivity index (χ0n) is 20.2. The SMILES string of the molecule is COc1ccc(CC(=O)NC[C@H](NC(=O)OC(C)(C)C)C(=O)OCc2ccccc2)cc1OC. The third-order valence-electron chi connectivity index (χ3n) is 4.52. The van der Waals surface area contributed by atoms with Crippen LogP contribution in [0.3, 0.4) is 0 Å². The minimum Gasteiger partial charge on any atom is -0.493 e. The van der Waals surface area contributed by atoms with Crippen LogP contribution in [0.25, 0.3) is 0 Å². The number of alkyl carbamates (subject to hydrolysis) is 1. The summed E-state index contributed by atoms with van der Waals surface area (Å²) >= 11 is 0. The van der Waals surface area contributed by atoms with E-state index in [0.717, 1.165) is 5.56 Å². The lowest BCUT2D eigenvalue weighted by Gasteiger charge is -2.23. The summed E-state index contributed by atoms with van der Waals surface area (Å²) in [5.41, 5.74) is 0.738. The molecule has 0 radical (unpaired) electrons. The molecule has 0 bridgehead atoms. The first-order valence-corrected chi connectivity index (χ1v) is 10.8. The second-order valence-corrected chi connectivity index (χ2v) is 8.46. The fourth-order valence-electron chi connectivity index (χ4n) is 2.93. The van der Waals surface area contributed by atoms with E-state index in [1.54, 1.807) is 39.0 Å². The monoisotopic (exact) mass is 472 g/mol. The van der Waals surface area contributed by atoms with Crippen molar-refractivity contribution >= 4 is 18.0 Å². The van der Waals surface area contributed by atoms with Crippen LogP contribution in [0, 0.1) is 0 Å². The van der Waals surface area contributed by atoms with Crippen molar-refractivity contribution in [2.75, 3.05) is 20.8 Å². The minimum atomic E-state index is -1.13. The summed E-state index contributed by atoms with van der Waals surface area (Å²) in [5.74, 6) is 0.0106. The van der Waals surface area contributed by atoms with Crippen molar-refractivity contribution in [1.82, 2.24) is 10.6 Å². The summed E-state index contributed by atoms with van der Waals surface area (Å²) in [5, 5.41) is 5.14. The summed E-state index contributed by atoms with van der Waals surface area (Å²) in [6.07, 6.45) is -0.748. The molecular weight excluding hydrogens is 440 g/mol. The number of nitrogens with one attached hydrogen (secondary N) is 2. The molecular formula is C25H32N2O7. The summed E-state index contributed by atoms with van der Waals surface area (Å²) in [6, 6.07) is 13.1. The lowest BCUT2D eigenvalue weighted by atomic mass is 10.1. The van der Waals surface area contributed by atoms with Crippen LogP contribution in [0.15, 0.2) is 48.5 Å². The fourth-order valence-corrected chi connectivity index (χ4v) is 2.93. The maximum atomic E-state index is 12.7. The summed E-state index contributed by atoms with van der Waals surface area (Å²) in [4.78, 5) is 37.4. The number of carbonyl (C=O) groups is 3. The number of benzene rings is 2. The van der Waals surface area contributed by atoms with Crippen molar-refractivity contribution in [3.63, 3.8) is 0 Å². The number of esters is 1. The van der Waals surface area contributed by atoms with Crippen molar-refractivity contribution in [1.29, 1.82) is 0 Å². The largest absolute Gasteiger partial charge is 0.493 e. The molecule has 0 aromatic heterocycles. The second kappa shape index (κ2) is 12.5. The van der Waals surface area contributed by atoms with Gasteiger partial charge in [0.15, 0.2) is 11.5 Å². The molecule has 0 aliphatic carbocycles. The van der Waals surface area contributed by atoms with Crippen LogP contribution < -0.4 is 20.1 Å². The van der Waals surface area contributed by atoms with E-state index in [9.17, 15) is 14.4 Å². The maximum absolute atomic E-state index is 12.7. The number of methoxy groups -OCH3 is 2. The van der Waals surface area contributed by atoms with E-state index in [0.29, 0.717) is 17.1 Å². The van der Waals surface area contributed by atoms with Crippen molar-refractivity contribution in [2.45, 2.75) is 45.4 Å². The zero-order valence-corrected chi connectivity index (χ0v) is 20.2. The molecule has 0 aliphatic rings. The van der Waals surface area contributed by atoms with E-state index < -0.39 is 23.7 Å². The van der Waals surface area contributed by atoms with Gasteiger partial charge in [0.1, 0.15) is 18.2 Å². The summed E-state index contributed by atoms with van der Waals surface area (Å²) < 4.78 is 21.0. The number of carbonyl (C=O) groups excluding carboxylic acids is 3. The predicted octanol–water partition coefficient (Wildman–Crippen LogP) is 3.00. The van der Waals surface area contributed by atoms with Crippen LogP contribution >= 0.6 is 0 Å². The molecule has 0 heterocycles. The Morgan fingerprint density at radius 2 is 1.59 bits per heavy atom. The van der Waals surface area contributed by atoms with Gasteiger partial charge in [-0.15, -0.1) is 0 Å². The average molecular weight is 473 g/mol. The molecule has 2 rings (SSSR count). The lowest BCUT2D eigenvalue weighted by molar-refractivity contribution is -0.147. The Bertz CT molecular complexity index is 971. The van der Waals surface area contributed by atoms with Crippen molar-refractivity contribution < 1.29 is 33.3 Å². The van der Waals surface area contributed by atoms with Gasteiger partial charge in [0.2, 0.25) is 5.91 Å². The molecule has 0 aliphatic heterocycles. The highest BCUT2D eigenvalue weighted by Crippen LogP contribution is 2.27. The van der Waals surface area contributed by atoms with Crippen LogP contribution in [0.1, 0.15) is 31.9 Å². The van der Waals surface area contributed by atoms with E-state index in [-0.39, 0.29) is 25.5 Å². The van der Waals surface area contributed by atoms with Crippen LogP contribution in [0.5, 0.6) is 11.5 Å². The minimum absolute atomic E-state index is 0.0335. The van der Waals surface area contributed by atoms with Crippen LogP contribution in [0.4, 0.5) is 4.79 Å². The smallest absolute Gasteiger partial charge is 0.408 e. The Morgan fingerprint density at radius 3 is 2.21 bits per heavy atom. The molecule has 0 saturated heterocycles. The molecule has 2 amide bonds. The molecule has 1 atom stereocenters. The molecule has 2 aromatic carbocycles. The molecule has 34 heavy (non-hydrogen) atoms. The van der Waals surface area contributed by atoms with Crippen LogP contribution in [0.2, 0.25) is 0 Å². The Hall–Kier alpha value is -3.75. The molecule has 0 spiro atoms. The molecule has 2 aromatic rings. The van der Waals surface area contributed by atoms with Gasteiger partial charge in [-0.2, -0.15) is 0 Å². The number of amides is 2. The molecule has 2 N–H and O–H groups in total. The Morgan fingerprint density at radius 1 is 0.912 bits per heavy atom. The molecule has 9 nitrogen and oxygen atoms in total. The Labute approximate surface area is 199 Å². The predicted molar refractivity (Wildman–Crippen MR) is 126 cm³/mol. The van der Waals surface area contributed by atoms with Gasteiger partial charge < -0.3 is 29.6 Å². The Balaban J connectivity index is 2.01. The van der Waals surface area contributed by atoms with Crippen LogP contribution in [-0.2, 0) is 32.1 Å². The fraction of sp³-hybridized carbons (Fsp3) is 0.400. The quantitative estimate of drug-likeness (QED) is 0.511. The molecule has 0 unspecified atom stereocenters. The first kappa shape index (κ1) is 26.5. The van der Waals surface area contributed by atoms with Crippen molar-refractivity contribution in [3.05, 3.63) is 59.7 Å². The molecule has 0 saturated carbocycles. The third kappa shape index (κ3) is 9.01. The zero-order chi connectivity index (χ0) is 25.1. The topological polar surface area (TPSA) is 112 Å². The van der Waals surface area contributed by atoms with Gasteiger partial charge in [-0.3, -0.25) is 4.79 Å². The van der Waals surface area contributed by atoms with E-state index in [4.69, 9.17) is 18.9 Å². The Kier molecular flexibility index (Phi) is 9.73. The first-order chi connectivity index (χ1) is 16.1. The highest BCUT2D eigenvalue weighted by atomic mass is 16.6. The van der Waals surface area contributed by atoms with Gasteiger partial charge in [-0.1, -0.05) is 36.4 Å². The van der Waals surface area contributed by atoms with Gasteiger partial charge in [0, 0.05) is 6.54 Å². The lowest BCUT2D eigenvalue weighted by Crippen LogP contribution is -2.50. The average Bonchev–Trinajstić information content (AvgIpc) is 2.79.